The fraction of sp³-hybridized carbons (Fsp3) is 0.444. The van der Waals surface area contributed by atoms with Crippen molar-refractivity contribution in [3.05, 3.63) is 46.0 Å². The number of nitrogens with zero attached hydrogens (tertiary/aromatic N) is 1. The molecule has 1 aromatic carbocycles. The van der Waals surface area contributed by atoms with Gasteiger partial charge in [0.2, 0.25) is 5.56 Å². The summed E-state index contributed by atoms with van der Waals surface area (Å²) in [5, 5.41) is 4.01. The number of carbonyl (C=O) groups is 1. The number of hydrogen-bond acceptors (Lipinski definition) is 3. The van der Waals surface area contributed by atoms with E-state index in [1.807, 2.05) is 4.90 Å². The molecule has 4 rings (SSSR count). The van der Waals surface area contributed by atoms with Gasteiger partial charge >= 0.3 is 0 Å². The van der Waals surface area contributed by atoms with Gasteiger partial charge in [-0.1, -0.05) is 0 Å². The van der Waals surface area contributed by atoms with E-state index in [0.29, 0.717) is 41.4 Å². The van der Waals surface area contributed by atoms with Crippen LogP contribution in [0.2, 0.25) is 0 Å². The second-order valence-electron chi connectivity index (χ2n) is 6.79. The molecule has 0 aliphatic carbocycles. The van der Waals surface area contributed by atoms with Crippen LogP contribution in [0.15, 0.2) is 29.1 Å². The molecule has 2 aliphatic rings. The Morgan fingerprint density at radius 1 is 1.12 bits per heavy atom. The lowest BCUT2D eigenvalue weighted by Gasteiger charge is -2.21. The standard InChI is InChI=1S/C18H20FN3O2/c19-13-1-2-14-15(8-17(23)21-16(14)7-13)18(24)22-5-3-11-9-20-10-12(11)4-6-22/h1-2,7-8,11-12,20H,3-6,9-10H2,(H,21,23)/t11-,12+. The molecule has 0 unspecified atom stereocenters. The van der Waals surface area contributed by atoms with Gasteiger partial charge in [-0.25, -0.2) is 4.39 Å². The summed E-state index contributed by atoms with van der Waals surface area (Å²) < 4.78 is 13.4. The lowest BCUT2D eigenvalue weighted by Crippen LogP contribution is -2.33. The van der Waals surface area contributed by atoms with Gasteiger partial charge in [0.05, 0.1) is 11.1 Å². The van der Waals surface area contributed by atoms with Gasteiger partial charge < -0.3 is 15.2 Å². The first-order valence-corrected chi connectivity index (χ1v) is 8.44. The number of carbonyl (C=O) groups excluding carboxylic acids is 1. The van der Waals surface area contributed by atoms with Crippen LogP contribution >= 0.6 is 0 Å². The molecule has 0 radical (unpaired) electrons. The average molecular weight is 329 g/mol. The quantitative estimate of drug-likeness (QED) is 0.837. The number of fused-ring (bicyclic) bond motifs is 2. The molecule has 2 atom stereocenters. The molecule has 6 heteroatoms. The Kier molecular flexibility index (Phi) is 3.84. The predicted octanol–water partition coefficient (Wildman–Crippen LogP) is 1.74. The van der Waals surface area contributed by atoms with Crippen molar-refractivity contribution in [3.63, 3.8) is 0 Å². The van der Waals surface area contributed by atoms with E-state index in [0.717, 1.165) is 25.9 Å². The normalized spacial score (nSPS) is 24.0. The number of benzene rings is 1. The molecule has 2 saturated heterocycles. The van der Waals surface area contributed by atoms with Crippen LogP contribution in [0.3, 0.4) is 0 Å². The van der Waals surface area contributed by atoms with Crippen LogP contribution in [0, 0.1) is 17.7 Å². The summed E-state index contributed by atoms with van der Waals surface area (Å²) in [7, 11) is 0. The Bertz CT molecular complexity index is 834. The number of halogens is 1. The van der Waals surface area contributed by atoms with Crippen LogP contribution in [0.1, 0.15) is 23.2 Å². The first-order valence-electron chi connectivity index (χ1n) is 8.44. The summed E-state index contributed by atoms with van der Waals surface area (Å²) in [5.41, 5.74) is 0.341. The van der Waals surface area contributed by atoms with Gasteiger partial charge in [-0.05, 0) is 56.0 Å². The van der Waals surface area contributed by atoms with E-state index in [1.165, 1.54) is 18.2 Å². The molecule has 0 spiro atoms. The minimum absolute atomic E-state index is 0.134. The molecule has 2 N–H and O–H groups in total. The van der Waals surface area contributed by atoms with Crippen molar-refractivity contribution < 1.29 is 9.18 Å². The van der Waals surface area contributed by atoms with Gasteiger partial charge in [-0.15, -0.1) is 0 Å². The zero-order valence-corrected chi connectivity index (χ0v) is 13.3. The van der Waals surface area contributed by atoms with E-state index in [4.69, 9.17) is 0 Å². The highest BCUT2D eigenvalue weighted by Crippen LogP contribution is 2.28. The van der Waals surface area contributed by atoms with Gasteiger partial charge in [0.25, 0.3) is 5.91 Å². The van der Waals surface area contributed by atoms with Crippen molar-refractivity contribution in [1.29, 1.82) is 0 Å². The maximum absolute atomic E-state index is 13.4. The number of pyridine rings is 1. The summed E-state index contributed by atoms with van der Waals surface area (Å²) in [4.78, 5) is 29.3. The van der Waals surface area contributed by atoms with Crippen LogP contribution in [-0.2, 0) is 0 Å². The number of aromatic amines is 1. The minimum atomic E-state index is -0.433. The lowest BCUT2D eigenvalue weighted by molar-refractivity contribution is 0.0760. The van der Waals surface area contributed by atoms with Crippen molar-refractivity contribution in [3.8, 4) is 0 Å². The fourth-order valence-corrected chi connectivity index (χ4v) is 4.00. The molecule has 24 heavy (non-hydrogen) atoms. The summed E-state index contributed by atoms with van der Waals surface area (Å²) in [5.74, 6) is 0.698. The Balaban J connectivity index is 1.67. The molecular formula is C18H20FN3O2. The number of likely N-dealkylation sites (tertiary alicyclic amines) is 1. The largest absolute Gasteiger partial charge is 0.339 e. The van der Waals surface area contributed by atoms with Crippen LogP contribution in [0.4, 0.5) is 4.39 Å². The topological polar surface area (TPSA) is 65.2 Å². The second kappa shape index (κ2) is 6.02. The van der Waals surface area contributed by atoms with Crippen molar-refractivity contribution >= 4 is 16.8 Å². The monoisotopic (exact) mass is 329 g/mol. The van der Waals surface area contributed by atoms with Gasteiger partial charge in [0.1, 0.15) is 5.82 Å². The molecule has 5 nitrogen and oxygen atoms in total. The highest BCUT2D eigenvalue weighted by Gasteiger charge is 2.32. The predicted molar refractivity (Wildman–Crippen MR) is 89.5 cm³/mol. The molecule has 1 amide bonds. The zero-order chi connectivity index (χ0) is 16.7. The molecule has 0 bridgehead atoms. The van der Waals surface area contributed by atoms with Gasteiger partial charge in [-0.2, -0.15) is 0 Å². The maximum atomic E-state index is 13.4. The zero-order valence-electron chi connectivity index (χ0n) is 13.3. The van der Waals surface area contributed by atoms with E-state index >= 15 is 0 Å². The second-order valence-corrected chi connectivity index (χ2v) is 6.79. The van der Waals surface area contributed by atoms with E-state index in [9.17, 15) is 14.0 Å². The third-order valence-corrected chi connectivity index (χ3v) is 5.34. The Morgan fingerprint density at radius 2 is 1.83 bits per heavy atom. The van der Waals surface area contributed by atoms with Gasteiger partial charge in [-0.3, -0.25) is 9.59 Å². The molecule has 126 valence electrons. The third kappa shape index (κ3) is 2.71. The fourth-order valence-electron chi connectivity index (χ4n) is 4.00. The van der Waals surface area contributed by atoms with Crippen LogP contribution in [-0.4, -0.2) is 42.0 Å². The number of hydrogen-bond donors (Lipinski definition) is 2. The summed E-state index contributed by atoms with van der Waals surface area (Å²) in [6, 6.07) is 5.46. The number of nitrogens with one attached hydrogen (secondary N) is 2. The number of rotatable bonds is 1. The van der Waals surface area contributed by atoms with Crippen molar-refractivity contribution in [2.24, 2.45) is 11.8 Å². The third-order valence-electron chi connectivity index (χ3n) is 5.34. The smallest absolute Gasteiger partial charge is 0.254 e. The molecular weight excluding hydrogens is 309 g/mol. The summed E-state index contributed by atoms with van der Waals surface area (Å²) in [6.07, 6.45) is 1.97. The van der Waals surface area contributed by atoms with Gasteiger partial charge in [0.15, 0.2) is 0 Å². The van der Waals surface area contributed by atoms with Crippen molar-refractivity contribution in [2.75, 3.05) is 26.2 Å². The van der Waals surface area contributed by atoms with E-state index in [2.05, 4.69) is 10.3 Å². The van der Waals surface area contributed by atoms with Crippen LogP contribution in [0.5, 0.6) is 0 Å². The molecule has 3 heterocycles. The number of aromatic nitrogens is 1. The lowest BCUT2D eigenvalue weighted by atomic mass is 9.92. The molecule has 0 saturated carbocycles. The summed E-state index contributed by atoms with van der Waals surface area (Å²) in [6.45, 7) is 3.47. The Hall–Kier alpha value is -2.21. The highest BCUT2D eigenvalue weighted by molar-refractivity contribution is 6.05. The molecule has 2 aromatic rings. The van der Waals surface area contributed by atoms with E-state index in [1.54, 1.807) is 6.07 Å². The number of H-pyrrole nitrogens is 1. The SMILES string of the molecule is O=C(c1cc(=O)[nH]c2cc(F)ccc12)N1CC[C@@H]2CNC[C@@H]2CC1. The molecule has 2 aliphatic heterocycles. The molecule has 2 fully saturated rings. The minimum Gasteiger partial charge on any atom is -0.339 e. The maximum Gasteiger partial charge on any atom is 0.254 e. The summed E-state index contributed by atoms with van der Waals surface area (Å²) >= 11 is 0. The Labute approximate surface area is 138 Å². The average Bonchev–Trinajstić information content (AvgIpc) is 2.91. The van der Waals surface area contributed by atoms with E-state index in [-0.39, 0.29) is 11.5 Å². The molecule has 1 aromatic heterocycles. The Morgan fingerprint density at radius 3 is 2.54 bits per heavy atom. The first kappa shape index (κ1) is 15.3. The van der Waals surface area contributed by atoms with Crippen molar-refractivity contribution in [1.82, 2.24) is 15.2 Å². The van der Waals surface area contributed by atoms with Crippen LogP contribution < -0.4 is 10.9 Å². The first-order chi connectivity index (χ1) is 11.6. The van der Waals surface area contributed by atoms with Crippen LogP contribution in [0.25, 0.3) is 10.9 Å². The van der Waals surface area contributed by atoms with Crippen molar-refractivity contribution in [2.45, 2.75) is 12.8 Å². The van der Waals surface area contributed by atoms with E-state index < -0.39 is 5.82 Å². The highest BCUT2D eigenvalue weighted by atomic mass is 19.1. The van der Waals surface area contributed by atoms with Gasteiger partial charge in [0, 0.05) is 24.5 Å². The number of amides is 1.